The largest absolute Gasteiger partial charge is 0.312 e. The lowest BCUT2D eigenvalue weighted by Gasteiger charge is -2.28. The molecule has 286 valence electrons. The Labute approximate surface area is 353 Å². The summed E-state index contributed by atoms with van der Waals surface area (Å²) in [5.41, 5.74) is 11.4. The van der Waals surface area contributed by atoms with Crippen LogP contribution in [-0.2, 0) is 0 Å². The molecule has 11 aromatic rings. The van der Waals surface area contributed by atoms with Crippen LogP contribution >= 0.6 is 0 Å². The monoisotopic (exact) mass is 778 g/mol. The third kappa shape index (κ3) is 5.87. The van der Waals surface area contributed by atoms with Gasteiger partial charge in [-0.1, -0.05) is 188 Å². The molecule has 0 saturated heterocycles. The number of hydrogen-bond acceptors (Lipinski definition) is 3. The van der Waals surface area contributed by atoms with Crippen LogP contribution in [-0.4, -0.2) is 19.5 Å². The van der Waals surface area contributed by atoms with Gasteiger partial charge >= 0.3 is 0 Å². The third-order valence-corrected chi connectivity index (χ3v) is 12.4. The van der Waals surface area contributed by atoms with Gasteiger partial charge in [-0.2, -0.15) is 0 Å². The minimum Gasteiger partial charge on any atom is -0.312 e. The van der Waals surface area contributed by atoms with Crippen LogP contribution < -0.4 is 0 Å². The summed E-state index contributed by atoms with van der Waals surface area (Å²) >= 11 is 0. The first-order chi connectivity index (χ1) is 30.3. The minimum atomic E-state index is 0.0684. The Morgan fingerprint density at radius 2 is 0.836 bits per heavy atom. The first-order valence-electron chi connectivity index (χ1n) is 21.0. The van der Waals surface area contributed by atoms with Crippen LogP contribution in [0.2, 0.25) is 0 Å². The van der Waals surface area contributed by atoms with Crippen molar-refractivity contribution in [2.45, 2.75) is 12.3 Å². The van der Waals surface area contributed by atoms with Gasteiger partial charge in [-0.05, 0) is 79.7 Å². The molecule has 1 atom stereocenters. The van der Waals surface area contributed by atoms with E-state index < -0.39 is 0 Å². The fourth-order valence-electron chi connectivity index (χ4n) is 9.64. The van der Waals surface area contributed by atoms with Crippen molar-refractivity contribution in [3.63, 3.8) is 0 Å². The van der Waals surface area contributed by atoms with Gasteiger partial charge in [-0.15, -0.1) is 0 Å². The Morgan fingerprint density at radius 1 is 0.393 bits per heavy atom. The fraction of sp³-hybridized carbons (Fsp3) is 0.0351. The Hall–Kier alpha value is -7.95. The normalized spacial score (nSPS) is 13.8. The molecule has 1 unspecified atom stereocenters. The zero-order chi connectivity index (χ0) is 40.3. The number of aromatic nitrogens is 4. The van der Waals surface area contributed by atoms with E-state index in [2.05, 4.69) is 181 Å². The molecule has 4 nitrogen and oxygen atoms in total. The van der Waals surface area contributed by atoms with Crippen LogP contribution in [0.4, 0.5) is 0 Å². The highest BCUT2D eigenvalue weighted by molar-refractivity contribution is 6.26. The third-order valence-electron chi connectivity index (χ3n) is 12.4. The zero-order valence-electron chi connectivity index (χ0n) is 33.3. The quantitative estimate of drug-likeness (QED) is 0.158. The van der Waals surface area contributed by atoms with Crippen molar-refractivity contribution in [1.82, 2.24) is 19.5 Å². The molecule has 61 heavy (non-hydrogen) atoms. The molecule has 0 saturated carbocycles. The lowest BCUT2D eigenvalue weighted by atomic mass is 9.80. The maximum absolute atomic E-state index is 5.39. The average Bonchev–Trinajstić information content (AvgIpc) is 3.68. The van der Waals surface area contributed by atoms with Crippen molar-refractivity contribution < 1.29 is 0 Å². The summed E-state index contributed by atoms with van der Waals surface area (Å²) < 4.78 is 2.54. The zero-order valence-corrected chi connectivity index (χ0v) is 33.3. The molecule has 0 radical (unpaired) electrons. The molecule has 0 amide bonds. The molecule has 0 bridgehead atoms. The van der Waals surface area contributed by atoms with E-state index in [1.807, 2.05) is 36.4 Å². The summed E-state index contributed by atoms with van der Waals surface area (Å²) in [4.78, 5) is 15.9. The van der Waals surface area contributed by atoms with Crippen LogP contribution in [0.5, 0.6) is 0 Å². The van der Waals surface area contributed by atoms with E-state index in [1.165, 1.54) is 60.3 Å². The summed E-state index contributed by atoms with van der Waals surface area (Å²) in [5.74, 6) is 1.96. The fourth-order valence-corrected chi connectivity index (χ4v) is 9.64. The van der Waals surface area contributed by atoms with Crippen LogP contribution in [0, 0.1) is 0 Å². The molecule has 2 aromatic heterocycles. The van der Waals surface area contributed by atoms with E-state index in [9.17, 15) is 0 Å². The molecule has 1 aliphatic carbocycles. The van der Waals surface area contributed by atoms with Gasteiger partial charge in [0.2, 0.25) is 0 Å². The van der Waals surface area contributed by atoms with Crippen molar-refractivity contribution in [1.29, 1.82) is 0 Å². The summed E-state index contributed by atoms with van der Waals surface area (Å²) in [6.07, 6.45) is 3.30. The van der Waals surface area contributed by atoms with E-state index in [4.69, 9.17) is 15.0 Å². The molecule has 0 N–H and O–H groups in total. The van der Waals surface area contributed by atoms with Crippen LogP contribution in [0.25, 0.3) is 94.7 Å². The number of nitrogens with zero attached hydrogens (tertiary/aromatic N) is 4. The highest BCUT2D eigenvalue weighted by atomic mass is 15.1. The molecule has 1 aliphatic rings. The van der Waals surface area contributed by atoms with E-state index in [0.717, 1.165) is 39.7 Å². The van der Waals surface area contributed by atoms with Gasteiger partial charge in [-0.3, -0.25) is 0 Å². The number of fused-ring (bicyclic) bond motifs is 9. The van der Waals surface area contributed by atoms with Crippen molar-refractivity contribution in [2.24, 2.45) is 0 Å². The first kappa shape index (κ1) is 35.0. The molecule has 9 aromatic carbocycles. The Morgan fingerprint density at radius 3 is 1.41 bits per heavy atom. The van der Waals surface area contributed by atoms with Crippen LogP contribution in [0.1, 0.15) is 34.7 Å². The van der Waals surface area contributed by atoms with E-state index in [1.54, 1.807) is 0 Å². The van der Waals surface area contributed by atoms with Crippen molar-refractivity contribution in [3.05, 3.63) is 229 Å². The second-order valence-electron chi connectivity index (χ2n) is 15.9. The molecule has 0 fully saturated rings. The van der Waals surface area contributed by atoms with Gasteiger partial charge in [-0.25, -0.2) is 15.0 Å². The van der Waals surface area contributed by atoms with Gasteiger partial charge < -0.3 is 4.57 Å². The SMILES string of the molecule is C1=C(c2ccccc2)CC(c2ccccc2)c2c1c1ccccc1n2-c1cc2c3ccccc3c3ccccc3c2cc1-c1nc(-c2ccccc2)nc(-c2ccccc2)n1. The summed E-state index contributed by atoms with van der Waals surface area (Å²) in [5, 5.41) is 8.43. The lowest BCUT2D eigenvalue weighted by Crippen LogP contribution is -2.14. The van der Waals surface area contributed by atoms with Crippen LogP contribution in [0.3, 0.4) is 0 Å². The van der Waals surface area contributed by atoms with E-state index in [0.29, 0.717) is 17.5 Å². The Balaban J connectivity index is 1.25. The highest BCUT2D eigenvalue weighted by Gasteiger charge is 2.32. The number of hydrogen-bond donors (Lipinski definition) is 0. The van der Waals surface area contributed by atoms with E-state index >= 15 is 0 Å². The van der Waals surface area contributed by atoms with Gasteiger partial charge in [0.15, 0.2) is 17.5 Å². The molecule has 4 heteroatoms. The van der Waals surface area contributed by atoms with Crippen molar-refractivity contribution >= 4 is 54.9 Å². The second-order valence-corrected chi connectivity index (χ2v) is 15.9. The maximum Gasteiger partial charge on any atom is 0.166 e. The summed E-state index contributed by atoms with van der Waals surface area (Å²) in [6.45, 7) is 0. The molecule has 0 aliphatic heterocycles. The molecule has 0 spiro atoms. The molecular formula is C57H38N4. The average molecular weight is 779 g/mol. The first-order valence-corrected chi connectivity index (χ1v) is 21.0. The van der Waals surface area contributed by atoms with Crippen molar-refractivity contribution in [2.75, 3.05) is 0 Å². The number of rotatable bonds is 6. The number of benzene rings is 9. The van der Waals surface area contributed by atoms with Gasteiger partial charge in [0.25, 0.3) is 0 Å². The molecule has 2 heterocycles. The standard InChI is InChI=1S/C57H38N4/c1-5-19-37(20-6-1)41-33-47(38-21-7-2-8-22-38)54-50(34-41)46-31-17-18-32-52(46)61(54)53-36-49-45-30-16-14-28-43(45)42-27-13-15-29-44(42)48(49)35-51(53)57-59-55(39-23-9-3-10-24-39)58-56(60-57)40-25-11-4-12-26-40/h1-32,34-36,47H,33H2. The van der Waals surface area contributed by atoms with Crippen molar-refractivity contribution in [3.8, 4) is 39.9 Å². The lowest BCUT2D eigenvalue weighted by molar-refractivity contribution is 0.774. The smallest absolute Gasteiger partial charge is 0.166 e. The van der Waals surface area contributed by atoms with Gasteiger partial charge in [0, 0.05) is 39.3 Å². The summed E-state index contributed by atoms with van der Waals surface area (Å²) in [7, 11) is 0. The number of allylic oxidation sites excluding steroid dienone is 1. The highest BCUT2D eigenvalue weighted by Crippen LogP contribution is 2.49. The molecular weight excluding hydrogens is 741 g/mol. The Bertz CT molecular complexity index is 3420. The van der Waals surface area contributed by atoms with Gasteiger partial charge in [0.1, 0.15) is 0 Å². The summed E-state index contributed by atoms with van der Waals surface area (Å²) in [6, 6.07) is 73.7. The predicted molar refractivity (Wildman–Crippen MR) is 253 cm³/mol. The second kappa shape index (κ2) is 14.4. The maximum atomic E-state index is 5.39. The Kier molecular flexibility index (Phi) is 8.27. The minimum absolute atomic E-state index is 0.0684. The predicted octanol–water partition coefficient (Wildman–Crippen LogP) is 14.4. The van der Waals surface area contributed by atoms with Gasteiger partial charge in [0.05, 0.1) is 11.2 Å². The topological polar surface area (TPSA) is 43.6 Å². The number of para-hydroxylation sites is 1. The molecule has 12 rings (SSSR count). The van der Waals surface area contributed by atoms with E-state index in [-0.39, 0.29) is 5.92 Å². The van der Waals surface area contributed by atoms with Crippen LogP contribution in [0.15, 0.2) is 206 Å².